The van der Waals surface area contributed by atoms with Crippen LogP contribution in [-0.2, 0) is 22.4 Å². The van der Waals surface area contributed by atoms with Crippen molar-refractivity contribution in [3.8, 4) is 0 Å². The Morgan fingerprint density at radius 3 is 2.42 bits per heavy atom. The van der Waals surface area contributed by atoms with E-state index in [4.69, 9.17) is 0 Å². The van der Waals surface area contributed by atoms with Crippen LogP contribution in [0.25, 0.3) is 0 Å². The third kappa shape index (κ3) is 3.55. The van der Waals surface area contributed by atoms with Crippen LogP contribution in [0.5, 0.6) is 0 Å². The molecule has 1 aliphatic heterocycles. The number of benzene rings is 1. The molecule has 0 spiro atoms. The van der Waals surface area contributed by atoms with Crippen LogP contribution in [0, 0.1) is 5.92 Å². The van der Waals surface area contributed by atoms with Gasteiger partial charge in [-0.05, 0) is 55.4 Å². The Labute approximate surface area is 138 Å². The number of carbonyl (C=O) groups excluding carboxylic acids is 2. The van der Waals surface area contributed by atoms with Crippen molar-refractivity contribution in [2.24, 2.45) is 5.92 Å². The highest BCUT2D eigenvalue weighted by atomic mass is 19.4. The summed E-state index contributed by atoms with van der Waals surface area (Å²) in [7, 11) is 0. The number of piperidine rings is 1. The maximum atomic E-state index is 12.4. The molecule has 0 aromatic heterocycles. The Bertz CT molecular complexity index is 650. The number of hydrogen-bond donors (Lipinski definition) is 1. The van der Waals surface area contributed by atoms with Gasteiger partial charge < -0.3 is 10.2 Å². The minimum atomic E-state index is -4.85. The van der Waals surface area contributed by atoms with E-state index in [9.17, 15) is 22.8 Å². The van der Waals surface area contributed by atoms with E-state index in [2.05, 4.69) is 5.32 Å². The summed E-state index contributed by atoms with van der Waals surface area (Å²) in [4.78, 5) is 24.3. The number of halogens is 3. The smallest absolute Gasteiger partial charge is 0.335 e. The van der Waals surface area contributed by atoms with Crippen LogP contribution in [0.1, 0.15) is 30.4 Å². The van der Waals surface area contributed by atoms with Crippen molar-refractivity contribution in [1.29, 1.82) is 0 Å². The Kier molecular flexibility index (Phi) is 4.51. The molecule has 3 rings (SSSR count). The number of hydrogen-bond acceptors (Lipinski definition) is 2. The van der Waals surface area contributed by atoms with Gasteiger partial charge in [0, 0.05) is 24.7 Å². The van der Waals surface area contributed by atoms with E-state index in [1.54, 1.807) is 0 Å². The van der Waals surface area contributed by atoms with Crippen molar-refractivity contribution in [2.45, 2.75) is 38.3 Å². The predicted molar refractivity (Wildman–Crippen MR) is 82.5 cm³/mol. The number of anilines is 1. The van der Waals surface area contributed by atoms with Crippen LogP contribution in [0.3, 0.4) is 0 Å². The van der Waals surface area contributed by atoms with E-state index in [1.165, 1.54) is 11.1 Å². The Morgan fingerprint density at radius 2 is 1.75 bits per heavy atom. The van der Waals surface area contributed by atoms with Gasteiger partial charge in [-0.25, -0.2) is 0 Å². The second kappa shape index (κ2) is 6.45. The lowest BCUT2D eigenvalue weighted by Crippen LogP contribution is -2.46. The summed E-state index contributed by atoms with van der Waals surface area (Å²) < 4.78 is 37.2. The first-order valence-electron chi connectivity index (χ1n) is 8.13. The fraction of sp³-hybridized carbons (Fsp3) is 0.529. The molecule has 0 bridgehead atoms. The summed E-state index contributed by atoms with van der Waals surface area (Å²) in [6.45, 7) is -0.0821. The zero-order valence-electron chi connectivity index (χ0n) is 13.2. The van der Waals surface area contributed by atoms with Crippen LogP contribution >= 0.6 is 0 Å². The van der Waals surface area contributed by atoms with E-state index >= 15 is 0 Å². The van der Waals surface area contributed by atoms with Gasteiger partial charge in [-0.1, -0.05) is 6.07 Å². The van der Waals surface area contributed by atoms with E-state index in [0.29, 0.717) is 0 Å². The SMILES string of the molecule is O=C(Nc1ccc2c(c1)CCC2)C1CCN(C(=O)C(F)(F)F)CC1. The molecule has 0 saturated carbocycles. The van der Waals surface area contributed by atoms with E-state index in [1.807, 2.05) is 18.2 Å². The fourth-order valence-electron chi connectivity index (χ4n) is 3.42. The third-order valence-electron chi connectivity index (χ3n) is 4.76. The molecule has 0 atom stereocenters. The molecule has 1 aliphatic carbocycles. The molecule has 1 aromatic carbocycles. The van der Waals surface area contributed by atoms with Gasteiger partial charge in [0.25, 0.3) is 0 Å². The zero-order valence-corrected chi connectivity index (χ0v) is 13.2. The minimum absolute atomic E-state index is 0.0411. The van der Waals surface area contributed by atoms with Crippen LogP contribution in [-0.4, -0.2) is 36.0 Å². The number of carbonyl (C=O) groups is 2. The molecule has 1 saturated heterocycles. The van der Waals surface area contributed by atoms with Crippen LogP contribution in [0.15, 0.2) is 18.2 Å². The number of rotatable bonds is 2. The van der Waals surface area contributed by atoms with Gasteiger partial charge in [-0.2, -0.15) is 13.2 Å². The fourth-order valence-corrected chi connectivity index (χ4v) is 3.42. The van der Waals surface area contributed by atoms with Crippen molar-refractivity contribution in [2.75, 3.05) is 18.4 Å². The number of fused-ring (bicyclic) bond motifs is 1. The lowest BCUT2D eigenvalue weighted by molar-refractivity contribution is -0.186. The molecule has 130 valence electrons. The van der Waals surface area contributed by atoms with Gasteiger partial charge in [0.15, 0.2) is 0 Å². The highest BCUT2D eigenvalue weighted by Gasteiger charge is 2.43. The van der Waals surface area contributed by atoms with Crippen molar-refractivity contribution in [3.05, 3.63) is 29.3 Å². The maximum absolute atomic E-state index is 12.4. The summed E-state index contributed by atoms with van der Waals surface area (Å²) in [6, 6.07) is 5.86. The molecule has 1 aromatic rings. The van der Waals surface area contributed by atoms with Crippen molar-refractivity contribution >= 4 is 17.5 Å². The van der Waals surface area contributed by atoms with E-state index in [0.717, 1.165) is 29.8 Å². The number of likely N-dealkylation sites (tertiary alicyclic amines) is 1. The molecule has 1 heterocycles. The van der Waals surface area contributed by atoms with Gasteiger partial charge in [0.2, 0.25) is 5.91 Å². The highest BCUT2D eigenvalue weighted by Crippen LogP contribution is 2.27. The van der Waals surface area contributed by atoms with Crippen LogP contribution < -0.4 is 5.32 Å². The van der Waals surface area contributed by atoms with Gasteiger partial charge in [-0.15, -0.1) is 0 Å². The number of alkyl halides is 3. The Morgan fingerprint density at radius 1 is 1.08 bits per heavy atom. The molecular formula is C17H19F3N2O2. The van der Waals surface area contributed by atoms with Gasteiger partial charge in [0.1, 0.15) is 0 Å². The molecule has 1 N–H and O–H groups in total. The lowest BCUT2D eigenvalue weighted by Gasteiger charge is -2.31. The molecule has 0 radical (unpaired) electrons. The molecule has 0 unspecified atom stereocenters. The van der Waals surface area contributed by atoms with E-state index in [-0.39, 0.29) is 37.8 Å². The summed E-state index contributed by atoms with van der Waals surface area (Å²) in [6.07, 6.45) is -1.15. The Balaban J connectivity index is 1.55. The minimum Gasteiger partial charge on any atom is -0.335 e. The first kappa shape index (κ1) is 16.8. The summed E-state index contributed by atoms with van der Waals surface area (Å²) in [5.74, 6) is -2.37. The second-order valence-corrected chi connectivity index (χ2v) is 6.39. The van der Waals surface area contributed by atoms with Crippen molar-refractivity contribution in [3.63, 3.8) is 0 Å². The molecule has 2 amide bonds. The Hall–Kier alpha value is -2.05. The van der Waals surface area contributed by atoms with Gasteiger partial charge >= 0.3 is 12.1 Å². The molecule has 1 fully saturated rings. The van der Waals surface area contributed by atoms with Crippen LogP contribution in [0.2, 0.25) is 0 Å². The normalized spacial score (nSPS) is 18.4. The standard InChI is InChI=1S/C17H19F3N2O2/c18-17(19,20)16(24)22-8-6-12(7-9-22)15(23)21-14-5-4-11-2-1-3-13(11)10-14/h4-5,10,12H,1-3,6-9H2,(H,21,23). The van der Waals surface area contributed by atoms with E-state index < -0.39 is 12.1 Å². The van der Waals surface area contributed by atoms with Crippen molar-refractivity contribution < 1.29 is 22.8 Å². The van der Waals surface area contributed by atoms with Gasteiger partial charge in [0.05, 0.1) is 0 Å². The summed E-state index contributed by atoms with van der Waals surface area (Å²) in [5, 5.41) is 2.85. The molecule has 4 nitrogen and oxygen atoms in total. The lowest BCUT2D eigenvalue weighted by atomic mass is 9.95. The van der Waals surface area contributed by atoms with Gasteiger partial charge in [-0.3, -0.25) is 9.59 Å². The summed E-state index contributed by atoms with van der Waals surface area (Å²) >= 11 is 0. The first-order chi connectivity index (χ1) is 11.3. The van der Waals surface area contributed by atoms with Crippen LogP contribution in [0.4, 0.5) is 18.9 Å². The molecule has 7 heteroatoms. The first-order valence-corrected chi connectivity index (χ1v) is 8.13. The summed E-state index contributed by atoms with van der Waals surface area (Å²) in [5.41, 5.74) is 3.29. The number of nitrogens with zero attached hydrogens (tertiary/aromatic N) is 1. The number of aryl methyl sites for hydroxylation is 2. The average molecular weight is 340 g/mol. The average Bonchev–Trinajstić information content (AvgIpc) is 3.01. The zero-order chi connectivity index (χ0) is 17.3. The topological polar surface area (TPSA) is 49.4 Å². The van der Waals surface area contributed by atoms with Crippen molar-refractivity contribution in [1.82, 2.24) is 4.90 Å². The third-order valence-corrected chi connectivity index (χ3v) is 4.76. The monoisotopic (exact) mass is 340 g/mol. The predicted octanol–water partition coefficient (Wildman–Crippen LogP) is 2.91. The maximum Gasteiger partial charge on any atom is 0.471 e. The largest absolute Gasteiger partial charge is 0.471 e. The molecule has 2 aliphatic rings. The quantitative estimate of drug-likeness (QED) is 0.900. The molecule has 24 heavy (non-hydrogen) atoms. The number of nitrogens with one attached hydrogen (secondary N) is 1. The highest BCUT2D eigenvalue weighted by molar-refractivity contribution is 5.93. The molecular weight excluding hydrogens is 321 g/mol. The second-order valence-electron chi connectivity index (χ2n) is 6.39. The number of amides is 2.